The zero-order chi connectivity index (χ0) is 17.9. The number of rotatable bonds is 2. The lowest BCUT2D eigenvalue weighted by atomic mass is 10.1. The van der Waals surface area contributed by atoms with Crippen molar-refractivity contribution in [1.29, 1.82) is 0 Å². The summed E-state index contributed by atoms with van der Waals surface area (Å²) in [4.78, 5) is 35.8. The Morgan fingerprint density at radius 1 is 1.00 bits per heavy atom. The highest BCUT2D eigenvalue weighted by Crippen LogP contribution is 2.27. The van der Waals surface area contributed by atoms with Gasteiger partial charge in [-0.1, -0.05) is 17.7 Å². The molecular weight excluding hydrogens is 330 g/mol. The second-order valence-electron chi connectivity index (χ2n) is 5.30. The number of benzene rings is 2. The van der Waals surface area contributed by atoms with Gasteiger partial charge in [0, 0.05) is 11.3 Å². The Morgan fingerprint density at radius 3 is 2.21 bits per heavy atom. The van der Waals surface area contributed by atoms with Crippen molar-refractivity contribution in [2.75, 3.05) is 11.1 Å². The topological polar surface area (TPSA) is 101 Å². The summed E-state index contributed by atoms with van der Waals surface area (Å²) in [5, 5.41) is 4.75. The molecule has 0 spiro atoms. The molecule has 24 heavy (non-hydrogen) atoms. The van der Waals surface area contributed by atoms with Crippen LogP contribution in [0, 0.1) is 13.8 Å². The number of imide groups is 1. The van der Waals surface area contributed by atoms with Gasteiger partial charge in [0.2, 0.25) is 0 Å². The van der Waals surface area contributed by atoms with Crippen LogP contribution in [0.1, 0.15) is 21.5 Å². The van der Waals surface area contributed by atoms with Crippen LogP contribution in [0.3, 0.4) is 0 Å². The molecule has 0 aliphatic carbocycles. The number of halogens is 1. The summed E-state index contributed by atoms with van der Waals surface area (Å²) in [5.74, 6) is -2.75. The maximum Gasteiger partial charge on any atom is 0.316 e. The molecule has 2 aromatic carbocycles. The van der Waals surface area contributed by atoms with Gasteiger partial charge in [0.25, 0.3) is 5.91 Å². The van der Waals surface area contributed by atoms with Gasteiger partial charge in [0.15, 0.2) is 0 Å². The second-order valence-corrected chi connectivity index (χ2v) is 5.71. The minimum absolute atomic E-state index is 0.217. The summed E-state index contributed by atoms with van der Waals surface area (Å²) < 4.78 is 0. The number of carbonyl (C=O) groups excluding carboxylic acids is 3. The van der Waals surface area contributed by atoms with Crippen molar-refractivity contribution in [3.8, 4) is 0 Å². The Morgan fingerprint density at radius 2 is 1.62 bits per heavy atom. The highest BCUT2D eigenvalue weighted by atomic mass is 35.5. The number of nitrogens with two attached hydrogens (primary N) is 1. The van der Waals surface area contributed by atoms with Crippen LogP contribution in [0.4, 0.5) is 11.4 Å². The first-order valence-electron chi connectivity index (χ1n) is 7.07. The maximum absolute atomic E-state index is 12.0. The molecule has 0 aliphatic heterocycles. The van der Waals surface area contributed by atoms with Gasteiger partial charge in [-0.05, 0) is 55.3 Å². The normalized spacial score (nSPS) is 10.1. The Bertz CT molecular complexity index is 793. The van der Waals surface area contributed by atoms with Crippen molar-refractivity contribution < 1.29 is 14.4 Å². The molecule has 0 atom stereocenters. The Balaban J connectivity index is 2.06. The minimum Gasteiger partial charge on any atom is -0.399 e. The number of hydrogen-bond donors (Lipinski definition) is 3. The van der Waals surface area contributed by atoms with Crippen LogP contribution in [0.2, 0.25) is 5.02 Å². The van der Waals surface area contributed by atoms with E-state index in [9.17, 15) is 14.4 Å². The van der Waals surface area contributed by atoms with E-state index in [1.54, 1.807) is 13.0 Å². The van der Waals surface area contributed by atoms with Gasteiger partial charge in [-0.25, -0.2) is 0 Å². The maximum atomic E-state index is 12.0. The highest BCUT2D eigenvalue weighted by molar-refractivity contribution is 6.43. The molecule has 0 radical (unpaired) electrons. The van der Waals surface area contributed by atoms with Gasteiger partial charge in [-0.15, -0.1) is 0 Å². The van der Waals surface area contributed by atoms with E-state index < -0.39 is 17.7 Å². The number of carbonyl (C=O) groups is 3. The van der Waals surface area contributed by atoms with Crippen LogP contribution < -0.4 is 16.4 Å². The number of aryl methyl sites for hydroxylation is 2. The molecule has 6 nitrogen and oxygen atoms in total. The van der Waals surface area contributed by atoms with Crippen molar-refractivity contribution in [2.45, 2.75) is 13.8 Å². The lowest BCUT2D eigenvalue weighted by Gasteiger charge is -2.11. The van der Waals surface area contributed by atoms with Gasteiger partial charge >= 0.3 is 11.8 Å². The first-order chi connectivity index (χ1) is 11.3. The third kappa shape index (κ3) is 4.11. The fourth-order valence-corrected chi connectivity index (χ4v) is 2.48. The molecule has 0 aliphatic rings. The van der Waals surface area contributed by atoms with E-state index in [1.165, 1.54) is 24.3 Å². The molecule has 0 saturated heterocycles. The first-order valence-corrected chi connectivity index (χ1v) is 7.44. The largest absolute Gasteiger partial charge is 0.399 e. The predicted molar refractivity (Wildman–Crippen MR) is 92.9 cm³/mol. The summed E-state index contributed by atoms with van der Waals surface area (Å²) in [6.07, 6.45) is 0. The van der Waals surface area contributed by atoms with Crippen molar-refractivity contribution in [3.05, 3.63) is 58.1 Å². The minimum atomic E-state index is -1.08. The fraction of sp³-hybridized carbons (Fsp3) is 0.118. The lowest BCUT2D eigenvalue weighted by molar-refractivity contribution is -0.135. The highest BCUT2D eigenvalue weighted by Gasteiger charge is 2.19. The van der Waals surface area contributed by atoms with Crippen molar-refractivity contribution in [3.63, 3.8) is 0 Å². The Kier molecular flexibility index (Phi) is 5.21. The number of nitrogens with one attached hydrogen (secondary N) is 2. The predicted octanol–water partition coefficient (Wildman–Crippen LogP) is 2.43. The molecule has 0 aromatic heterocycles. The lowest BCUT2D eigenvalue weighted by Crippen LogP contribution is -2.39. The van der Waals surface area contributed by atoms with Crippen LogP contribution in [-0.4, -0.2) is 17.7 Å². The van der Waals surface area contributed by atoms with Crippen molar-refractivity contribution >= 4 is 40.7 Å². The SMILES string of the molecule is Cc1cc(C)c(NC(=O)C(=O)NC(=O)c2ccc(N)cc2)c(Cl)c1. The fourth-order valence-electron chi connectivity index (χ4n) is 2.11. The monoisotopic (exact) mass is 345 g/mol. The number of anilines is 2. The standard InChI is InChI=1S/C17H16ClN3O3/c1-9-7-10(2)14(13(18)8-9)20-16(23)17(24)21-15(22)11-3-5-12(19)6-4-11/h3-8H,19H2,1-2H3,(H,20,23)(H,21,22,24). The number of amides is 3. The molecule has 0 bridgehead atoms. The van der Waals surface area contributed by atoms with E-state index in [1.807, 2.05) is 18.3 Å². The van der Waals surface area contributed by atoms with Crippen LogP contribution in [-0.2, 0) is 9.59 Å². The molecule has 2 rings (SSSR count). The average Bonchev–Trinajstić information content (AvgIpc) is 2.51. The van der Waals surface area contributed by atoms with Crippen LogP contribution in [0.5, 0.6) is 0 Å². The van der Waals surface area contributed by atoms with Gasteiger partial charge in [-0.3, -0.25) is 19.7 Å². The molecular formula is C17H16ClN3O3. The van der Waals surface area contributed by atoms with E-state index in [2.05, 4.69) is 5.32 Å². The Labute approximate surface area is 144 Å². The summed E-state index contributed by atoms with van der Waals surface area (Å²) >= 11 is 6.07. The summed E-state index contributed by atoms with van der Waals surface area (Å²) in [6, 6.07) is 9.44. The zero-order valence-electron chi connectivity index (χ0n) is 13.1. The van der Waals surface area contributed by atoms with Crippen molar-refractivity contribution in [2.24, 2.45) is 0 Å². The quantitative estimate of drug-likeness (QED) is 0.574. The molecule has 124 valence electrons. The average molecular weight is 346 g/mol. The Hall–Kier alpha value is -2.86. The molecule has 0 saturated carbocycles. The molecule has 0 heterocycles. The van der Waals surface area contributed by atoms with E-state index in [0.717, 1.165) is 5.56 Å². The van der Waals surface area contributed by atoms with Crippen molar-refractivity contribution in [1.82, 2.24) is 5.32 Å². The van der Waals surface area contributed by atoms with E-state index in [4.69, 9.17) is 17.3 Å². The number of nitrogen functional groups attached to an aromatic ring is 1. The van der Waals surface area contributed by atoms with Crippen LogP contribution in [0.15, 0.2) is 36.4 Å². The molecule has 4 N–H and O–H groups in total. The smallest absolute Gasteiger partial charge is 0.316 e. The number of hydrogen-bond acceptors (Lipinski definition) is 4. The third-order valence-electron chi connectivity index (χ3n) is 3.28. The first kappa shape index (κ1) is 17.5. The molecule has 0 fully saturated rings. The van der Waals surface area contributed by atoms with Crippen LogP contribution in [0.25, 0.3) is 0 Å². The molecule has 2 aromatic rings. The summed E-state index contributed by atoms with van der Waals surface area (Å²) in [5.41, 5.74) is 8.21. The summed E-state index contributed by atoms with van der Waals surface area (Å²) in [7, 11) is 0. The second kappa shape index (κ2) is 7.14. The van der Waals surface area contributed by atoms with Gasteiger partial charge < -0.3 is 11.1 Å². The zero-order valence-corrected chi connectivity index (χ0v) is 13.9. The van der Waals surface area contributed by atoms with E-state index in [-0.39, 0.29) is 5.56 Å². The molecule has 3 amide bonds. The molecule has 0 unspecified atom stereocenters. The summed E-state index contributed by atoms with van der Waals surface area (Å²) in [6.45, 7) is 3.62. The molecule has 7 heteroatoms. The van der Waals surface area contributed by atoms with Gasteiger partial charge in [0.1, 0.15) is 0 Å². The van der Waals surface area contributed by atoms with Gasteiger partial charge in [-0.2, -0.15) is 0 Å². The van der Waals surface area contributed by atoms with Crippen LogP contribution >= 0.6 is 11.6 Å². The van der Waals surface area contributed by atoms with E-state index >= 15 is 0 Å². The third-order valence-corrected chi connectivity index (χ3v) is 3.57. The van der Waals surface area contributed by atoms with E-state index in [0.29, 0.717) is 22.0 Å². The van der Waals surface area contributed by atoms with Gasteiger partial charge in [0.05, 0.1) is 10.7 Å².